The summed E-state index contributed by atoms with van der Waals surface area (Å²) in [5.41, 5.74) is 1.15. The Morgan fingerprint density at radius 2 is 2.00 bits per heavy atom. The highest BCUT2D eigenvalue weighted by atomic mass is 16.5. The van der Waals surface area contributed by atoms with Gasteiger partial charge in [-0.1, -0.05) is 19.4 Å². The van der Waals surface area contributed by atoms with Crippen LogP contribution in [0.5, 0.6) is 5.88 Å². The van der Waals surface area contributed by atoms with Crippen molar-refractivity contribution in [2.24, 2.45) is 5.92 Å². The van der Waals surface area contributed by atoms with Crippen molar-refractivity contribution in [1.82, 2.24) is 10.3 Å². The standard InChI is InChI=1S/C17H28N2O/c1-13-8-5-6-10-15(13)20-16-11-7-9-14(19-16)12-18-17(2,3)4/h7,9,11,13,15,18H,5-6,8,10,12H2,1-4H3. The zero-order chi connectivity index (χ0) is 14.6. The van der Waals surface area contributed by atoms with Crippen molar-refractivity contribution in [3.05, 3.63) is 23.9 Å². The zero-order valence-corrected chi connectivity index (χ0v) is 13.3. The molecule has 0 aliphatic heterocycles. The lowest BCUT2D eigenvalue weighted by Crippen LogP contribution is -2.35. The molecule has 1 fully saturated rings. The summed E-state index contributed by atoms with van der Waals surface area (Å²) in [5.74, 6) is 1.42. The largest absolute Gasteiger partial charge is 0.474 e. The van der Waals surface area contributed by atoms with Gasteiger partial charge in [-0.25, -0.2) is 4.98 Å². The van der Waals surface area contributed by atoms with E-state index < -0.39 is 0 Å². The van der Waals surface area contributed by atoms with E-state index in [0.29, 0.717) is 12.0 Å². The maximum absolute atomic E-state index is 6.10. The molecular formula is C17H28N2O. The van der Waals surface area contributed by atoms with Crippen LogP contribution in [0.3, 0.4) is 0 Å². The molecule has 1 aromatic rings. The normalized spacial score (nSPS) is 23.6. The molecule has 2 atom stereocenters. The Labute approximate surface area is 123 Å². The van der Waals surface area contributed by atoms with Gasteiger partial charge < -0.3 is 10.1 Å². The fourth-order valence-electron chi connectivity index (χ4n) is 2.59. The number of hydrogen-bond acceptors (Lipinski definition) is 3. The summed E-state index contributed by atoms with van der Waals surface area (Å²) >= 11 is 0. The third-order valence-corrected chi connectivity index (χ3v) is 3.89. The lowest BCUT2D eigenvalue weighted by Gasteiger charge is -2.29. The summed E-state index contributed by atoms with van der Waals surface area (Å²) in [6.45, 7) is 9.56. The van der Waals surface area contributed by atoms with E-state index in [2.05, 4.69) is 44.1 Å². The molecule has 0 radical (unpaired) electrons. The Bertz CT molecular complexity index is 425. The average molecular weight is 276 g/mol. The number of hydrogen-bond donors (Lipinski definition) is 1. The predicted octanol–water partition coefficient (Wildman–Crippen LogP) is 3.93. The van der Waals surface area contributed by atoms with E-state index >= 15 is 0 Å². The maximum atomic E-state index is 6.10. The molecule has 1 aliphatic rings. The Balaban J connectivity index is 1.95. The van der Waals surface area contributed by atoms with Crippen molar-refractivity contribution < 1.29 is 4.74 Å². The van der Waals surface area contributed by atoms with Gasteiger partial charge in [-0.2, -0.15) is 0 Å². The number of ether oxygens (including phenoxy) is 1. The molecule has 20 heavy (non-hydrogen) atoms. The van der Waals surface area contributed by atoms with Crippen LogP contribution in [0.4, 0.5) is 0 Å². The van der Waals surface area contributed by atoms with Gasteiger partial charge in [0.15, 0.2) is 0 Å². The third kappa shape index (κ3) is 4.78. The quantitative estimate of drug-likeness (QED) is 0.905. The summed E-state index contributed by atoms with van der Waals surface area (Å²) in [6, 6.07) is 6.06. The van der Waals surface area contributed by atoms with E-state index in [1.807, 2.05) is 12.1 Å². The first kappa shape index (κ1) is 15.3. The SMILES string of the molecule is CC1CCCCC1Oc1cccc(CNC(C)(C)C)n1. The first-order chi connectivity index (χ1) is 9.44. The molecule has 1 aliphatic carbocycles. The second kappa shape index (κ2) is 6.57. The first-order valence-corrected chi connectivity index (χ1v) is 7.82. The van der Waals surface area contributed by atoms with Crippen molar-refractivity contribution in [2.75, 3.05) is 0 Å². The second-order valence-corrected chi connectivity index (χ2v) is 6.99. The van der Waals surface area contributed by atoms with E-state index in [9.17, 15) is 0 Å². The molecule has 112 valence electrons. The van der Waals surface area contributed by atoms with Crippen molar-refractivity contribution in [1.29, 1.82) is 0 Å². The van der Waals surface area contributed by atoms with Crippen molar-refractivity contribution in [3.63, 3.8) is 0 Å². The monoisotopic (exact) mass is 276 g/mol. The van der Waals surface area contributed by atoms with Gasteiger partial charge in [0, 0.05) is 18.2 Å². The lowest BCUT2D eigenvalue weighted by atomic mass is 9.88. The number of aromatic nitrogens is 1. The van der Waals surface area contributed by atoms with Crippen LogP contribution in [0.15, 0.2) is 18.2 Å². The molecule has 0 spiro atoms. The Hall–Kier alpha value is -1.09. The molecule has 0 saturated heterocycles. The third-order valence-electron chi connectivity index (χ3n) is 3.89. The molecule has 2 rings (SSSR count). The molecule has 3 nitrogen and oxygen atoms in total. The van der Waals surface area contributed by atoms with Gasteiger partial charge in [0.2, 0.25) is 5.88 Å². The second-order valence-electron chi connectivity index (χ2n) is 6.99. The molecule has 1 heterocycles. The van der Waals surface area contributed by atoms with Crippen LogP contribution in [0.2, 0.25) is 0 Å². The minimum absolute atomic E-state index is 0.108. The number of rotatable bonds is 4. The highest BCUT2D eigenvalue weighted by Crippen LogP contribution is 2.27. The summed E-state index contributed by atoms with van der Waals surface area (Å²) in [6.07, 6.45) is 5.38. The van der Waals surface area contributed by atoms with Gasteiger partial charge >= 0.3 is 0 Å². The van der Waals surface area contributed by atoms with Crippen LogP contribution in [0.25, 0.3) is 0 Å². The molecule has 0 bridgehead atoms. The fourth-order valence-corrected chi connectivity index (χ4v) is 2.59. The summed E-state index contributed by atoms with van der Waals surface area (Å²) in [4.78, 5) is 4.62. The molecule has 3 heteroatoms. The number of pyridine rings is 1. The predicted molar refractivity (Wildman–Crippen MR) is 82.9 cm³/mol. The summed E-state index contributed by atoms with van der Waals surface area (Å²) in [7, 11) is 0. The van der Waals surface area contributed by atoms with E-state index in [4.69, 9.17) is 4.74 Å². The zero-order valence-electron chi connectivity index (χ0n) is 13.3. The van der Waals surface area contributed by atoms with E-state index in [0.717, 1.165) is 24.5 Å². The Morgan fingerprint density at radius 1 is 1.25 bits per heavy atom. The van der Waals surface area contributed by atoms with E-state index in [1.54, 1.807) is 0 Å². The highest BCUT2D eigenvalue weighted by molar-refractivity contribution is 5.16. The van der Waals surface area contributed by atoms with Crippen LogP contribution in [-0.4, -0.2) is 16.6 Å². The van der Waals surface area contributed by atoms with Gasteiger partial charge in [-0.3, -0.25) is 0 Å². The van der Waals surface area contributed by atoms with Crippen LogP contribution in [0.1, 0.15) is 59.1 Å². The van der Waals surface area contributed by atoms with Crippen LogP contribution in [0, 0.1) is 5.92 Å². The number of nitrogens with zero attached hydrogens (tertiary/aromatic N) is 1. The smallest absolute Gasteiger partial charge is 0.213 e. The minimum Gasteiger partial charge on any atom is -0.474 e. The lowest BCUT2D eigenvalue weighted by molar-refractivity contribution is 0.0973. The van der Waals surface area contributed by atoms with Gasteiger partial charge in [-0.05, 0) is 52.0 Å². The van der Waals surface area contributed by atoms with E-state index in [-0.39, 0.29) is 5.54 Å². The average Bonchev–Trinajstić information content (AvgIpc) is 2.39. The topological polar surface area (TPSA) is 34.1 Å². The maximum Gasteiger partial charge on any atom is 0.213 e. The van der Waals surface area contributed by atoms with Gasteiger partial charge in [0.1, 0.15) is 6.10 Å². The molecule has 0 aromatic carbocycles. The Kier molecular flexibility index (Phi) is 5.03. The molecular weight excluding hydrogens is 248 g/mol. The first-order valence-electron chi connectivity index (χ1n) is 7.82. The van der Waals surface area contributed by atoms with Crippen LogP contribution in [-0.2, 0) is 6.54 Å². The van der Waals surface area contributed by atoms with Gasteiger partial charge in [0.25, 0.3) is 0 Å². The van der Waals surface area contributed by atoms with Crippen molar-refractivity contribution in [2.45, 2.75) is 71.6 Å². The highest BCUT2D eigenvalue weighted by Gasteiger charge is 2.23. The molecule has 1 N–H and O–H groups in total. The minimum atomic E-state index is 0.108. The van der Waals surface area contributed by atoms with Gasteiger partial charge in [0.05, 0.1) is 5.69 Å². The van der Waals surface area contributed by atoms with Crippen LogP contribution < -0.4 is 10.1 Å². The molecule has 1 saturated carbocycles. The van der Waals surface area contributed by atoms with Crippen LogP contribution >= 0.6 is 0 Å². The number of nitrogens with one attached hydrogen (secondary N) is 1. The van der Waals surface area contributed by atoms with Crippen molar-refractivity contribution >= 4 is 0 Å². The van der Waals surface area contributed by atoms with Crippen molar-refractivity contribution in [3.8, 4) is 5.88 Å². The fraction of sp³-hybridized carbons (Fsp3) is 0.706. The van der Waals surface area contributed by atoms with E-state index in [1.165, 1.54) is 19.3 Å². The Morgan fingerprint density at radius 3 is 2.70 bits per heavy atom. The summed E-state index contributed by atoms with van der Waals surface area (Å²) in [5, 5.41) is 3.46. The molecule has 1 aromatic heterocycles. The van der Waals surface area contributed by atoms with Gasteiger partial charge in [-0.15, -0.1) is 0 Å². The molecule has 0 amide bonds. The molecule has 2 unspecified atom stereocenters. The summed E-state index contributed by atoms with van der Waals surface area (Å²) < 4.78 is 6.10.